The lowest BCUT2D eigenvalue weighted by molar-refractivity contribution is 0.0754. The van der Waals surface area contributed by atoms with E-state index in [1.807, 2.05) is 13.8 Å². The Morgan fingerprint density at radius 2 is 1.75 bits per heavy atom. The maximum atomic E-state index is 12.2. The smallest absolute Gasteiger partial charge is 0.289 e. The van der Waals surface area contributed by atoms with Crippen molar-refractivity contribution in [1.29, 1.82) is 0 Å². The van der Waals surface area contributed by atoms with Crippen molar-refractivity contribution in [1.82, 2.24) is 20.2 Å². The fourth-order valence-electron chi connectivity index (χ4n) is 1.90. The van der Waals surface area contributed by atoms with Gasteiger partial charge in [0.05, 0.1) is 12.4 Å². The molecule has 2 N–H and O–H groups in total. The average molecular weight is 328 g/mol. The summed E-state index contributed by atoms with van der Waals surface area (Å²) < 4.78 is 0. The van der Waals surface area contributed by atoms with E-state index in [0.717, 1.165) is 18.0 Å². The van der Waals surface area contributed by atoms with Crippen LogP contribution >= 0.6 is 0 Å². The van der Waals surface area contributed by atoms with Crippen molar-refractivity contribution in [3.63, 3.8) is 0 Å². The van der Waals surface area contributed by atoms with Gasteiger partial charge >= 0.3 is 0 Å². The molecular weight excluding hydrogens is 308 g/mol. The van der Waals surface area contributed by atoms with E-state index < -0.39 is 5.91 Å². The SMILES string of the molecule is CC(C)N(C)C(=O)c1ccc(CNC(=O)c2ncc(O)cn2)cc1. The molecule has 7 nitrogen and oxygen atoms in total. The molecule has 2 aromatic rings. The van der Waals surface area contributed by atoms with Gasteiger partial charge in [-0.1, -0.05) is 12.1 Å². The molecule has 1 aromatic heterocycles. The zero-order valence-corrected chi connectivity index (χ0v) is 13.9. The zero-order valence-electron chi connectivity index (χ0n) is 13.9. The molecule has 7 heteroatoms. The Labute approximate surface area is 140 Å². The molecule has 0 radical (unpaired) electrons. The summed E-state index contributed by atoms with van der Waals surface area (Å²) in [5.74, 6) is -0.593. The molecule has 0 saturated heterocycles. The zero-order chi connectivity index (χ0) is 17.7. The number of aromatic nitrogens is 2. The number of benzene rings is 1. The molecule has 0 bridgehead atoms. The minimum Gasteiger partial charge on any atom is -0.505 e. The molecule has 0 atom stereocenters. The highest BCUT2D eigenvalue weighted by molar-refractivity contribution is 5.94. The molecule has 2 amide bonds. The van der Waals surface area contributed by atoms with E-state index in [9.17, 15) is 9.59 Å². The van der Waals surface area contributed by atoms with Gasteiger partial charge in [-0.15, -0.1) is 0 Å². The Hall–Kier alpha value is -2.96. The fourth-order valence-corrected chi connectivity index (χ4v) is 1.90. The minimum atomic E-state index is -0.435. The van der Waals surface area contributed by atoms with Crippen molar-refractivity contribution in [2.24, 2.45) is 0 Å². The van der Waals surface area contributed by atoms with E-state index in [-0.39, 0.29) is 30.1 Å². The van der Waals surface area contributed by atoms with Crippen LogP contribution in [0.25, 0.3) is 0 Å². The summed E-state index contributed by atoms with van der Waals surface area (Å²) in [7, 11) is 1.76. The second kappa shape index (κ2) is 7.54. The molecule has 0 aliphatic rings. The van der Waals surface area contributed by atoms with Crippen LogP contribution in [-0.4, -0.2) is 44.9 Å². The van der Waals surface area contributed by atoms with Crippen LogP contribution in [0, 0.1) is 0 Å². The first-order valence-electron chi connectivity index (χ1n) is 7.54. The Morgan fingerprint density at radius 1 is 1.17 bits per heavy atom. The monoisotopic (exact) mass is 328 g/mol. The van der Waals surface area contributed by atoms with Crippen molar-refractivity contribution in [3.05, 3.63) is 53.6 Å². The number of amides is 2. The first-order chi connectivity index (χ1) is 11.4. The number of carbonyl (C=O) groups is 2. The van der Waals surface area contributed by atoms with E-state index in [1.165, 1.54) is 0 Å². The Bertz CT molecular complexity index is 712. The predicted molar refractivity (Wildman–Crippen MR) is 88.5 cm³/mol. The van der Waals surface area contributed by atoms with Crippen molar-refractivity contribution in [2.75, 3.05) is 7.05 Å². The average Bonchev–Trinajstić information content (AvgIpc) is 2.59. The molecule has 0 spiro atoms. The van der Waals surface area contributed by atoms with E-state index in [2.05, 4.69) is 15.3 Å². The summed E-state index contributed by atoms with van der Waals surface area (Å²) in [6.07, 6.45) is 2.32. The molecule has 0 aliphatic carbocycles. The van der Waals surface area contributed by atoms with Crippen molar-refractivity contribution >= 4 is 11.8 Å². The minimum absolute atomic E-state index is 0.0156. The highest BCUT2D eigenvalue weighted by Gasteiger charge is 2.14. The van der Waals surface area contributed by atoms with Crippen LogP contribution in [0.15, 0.2) is 36.7 Å². The van der Waals surface area contributed by atoms with Gasteiger partial charge in [0.15, 0.2) is 5.75 Å². The van der Waals surface area contributed by atoms with Gasteiger partial charge in [0.25, 0.3) is 11.8 Å². The Balaban J connectivity index is 1.95. The van der Waals surface area contributed by atoms with Crippen LogP contribution in [0.1, 0.15) is 40.4 Å². The molecule has 1 heterocycles. The molecule has 2 rings (SSSR count). The van der Waals surface area contributed by atoms with Gasteiger partial charge < -0.3 is 15.3 Å². The summed E-state index contributed by atoms with van der Waals surface area (Å²) in [4.78, 5) is 33.2. The normalized spacial score (nSPS) is 10.5. The third-order valence-electron chi connectivity index (χ3n) is 3.59. The molecule has 24 heavy (non-hydrogen) atoms. The molecule has 126 valence electrons. The third kappa shape index (κ3) is 4.28. The highest BCUT2D eigenvalue weighted by Crippen LogP contribution is 2.09. The first kappa shape index (κ1) is 17.4. The van der Waals surface area contributed by atoms with Gasteiger partial charge in [0.2, 0.25) is 5.82 Å². The van der Waals surface area contributed by atoms with Crippen molar-refractivity contribution in [2.45, 2.75) is 26.4 Å². The summed E-state index contributed by atoms with van der Waals surface area (Å²) in [5.41, 5.74) is 1.45. The lowest BCUT2D eigenvalue weighted by atomic mass is 10.1. The largest absolute Gasteiger partial charge is 0.505 e. The van der Waals surface area contributed by atoms with Gasteiger partial charge in [0, 0.05) is 25.2 Å². The lowest BCUT2D eigenvalue weighted by Crippen LogP contribution is -2.32. The third-order valence-corrected chi connectivity index (χ3v) is 3.59. The van der Waals surface area contributed by atoms with Gasteiger partial charge in [-0.25, -0.2) is 9.97 Å². The molecule has 0 aliphatic heterocycles. The lowest BCUT2D eigenvalue weighted by Gasteiger charge is -2.21. The summed E-state index contributed by atoms with van der Waals surface area (Å²) >= 11 is 0. The van der Waals surface area contributed by atoms with Gasteiger partial charge in [-0.05, 0) is 31.5 Å². The number of nitrogens with zero attached hydrogens (tertiary/aromatic N) is 3. The molecular formula is C17H20N4O3. The maximum absolute atomic E-state index is 12.2. The number of aromatic hydroxyl groups is 1. The first-order valence-corrected chi connectivity index (χ1v) is 7.54. The van der Waals surface area contributed by atoms with Gasteiger partial charge in [-0.3, -0.25) is 9.59 Å². The highest BCUT2D eigenvalue weighted by atomic mass is 16.3. The molecule has 1 aromatic carbocycles. The van der Waals surface area contributed by atoms with Crippen LogP contribution < -0.4 is 5.32 Å². The van der Waals surface area contributed by atoms with Crippen LogP contribution in [0.5, 0.6) is 5.75 Å². The van der Waals surface area contributed by atoms with E-state index in [1.54, 1.807) is 36.2 Å². The maximum Gasteiger partial charge on any atom is 0.289 e. The van der Waals surface area contributed by atoms with Gasteiger partial charge in [-0.2, -0.15) is 0 Å². The number of hydrogen-bond acceptors (Lipinski definition) is 5. The van der Waals surface area contributed by atoms with Crippen molar-refractivity contribution < 1.29 is 14.7 Å². The van der Waals surface area contributed by atoms with E-state index in [0.29, 0.717) is 5.56 Å². The topological polar surface area (TPSA) is 95.4 Å². The van der Waals surface area contributed by atoms with Crippen LogP contribution in [0.3, 0.4) is 0 Å². The fraction of sp³-hybridized carbons (Fsp3) is 0.294. The molecule has 0 unspecified atom stereocenters. The molecule has 0 fully saturated rings. The number of nitrogens with one attached hydrogen (secondary N) is 1. The Morgan fingerprint density at radius 3 is 2.29 bits per heavy atom. The number of hydrogen-bond donors (Lipinski definition) is 2. The van der Waals surface area contributed by atoms with Crippen LogP contribution in [-0.2, 0) is 6.54 Å². The predicted octanol–water partition coefficient (Wildman–Crippen LogP) is 1.59. The summed E-state index contributed by atoms with van der Waals surface area (Å²) in [5, 5.41) is 11.8. The quantitative estimate of drug-likeness (QED) is 0.869. The van der Waals surface area contributed by atoms with E-state index >= 15 is 0 Å². The summed E-state index contributed by atoms with van der Waals surface area (Å²) in [6, 6.07) is 7.18. The second-order valence-corrected chi connectivity index (χ2v) is 5.65. The number of carbonyl (C=O) groups excluding carboxylic acids is 2. The second-order valence-electron chi connectivity index (χ2n) is 5.65. The Kier molecular flexibility index (Phi) is 5.47. The van der Waals surface area contributed by atoms with Gasteiger partial charge in [0.1, 0.15) is 0 Å². The van der Waals surface area contributed by atoms with Crippen LogP contribution in [0.2, 0.25) is 0 Å². The standard InChI is InChI=1S/C17H20N4O3/c1-11(2)21(3)17(24)13-6-4-12(5-7-13)8-20-16(23)15-18-9-14(22)10-19-15/h4-7,9-11,22H,8H2,1-3H3,(H,20,23). The molecule has 0 saturated carbocycles. The summed E-state index contributed by atoms with van der Waals surface area (Å²) in [6.45, 7) is 4.19. The van der Waals surface area contributed by atoms with E-state index in [4.69, 9.17) is 5.11 Å². The van der Waals surface area contributed by atoms with Crippen molar-refractivity contribution in [3.8, 4) is 5.75 Å². The van der Waals surface area contributed by atoms with Crippen LogP contribution in [0.4, 0.5) is 0 Å². The number of rotatable bonds is 5.